The van der Waals surface area contributed by atoms with Crippen LogP contribution in [0.15, 0.2) is 23.1 Å². The second-order valence-corrected chi connectivity index (χ2v) is 8.62. The Bertz CT molecular complexity index is 743. The number of sulfonamides is 1. The van der Waals surface area contributed by atoms with E-state index in [1.807, 2.05) is 11.8 Å². The lowest BCUT2D eigenvalue weighted by atomic mass is 10.1. The summed E-state index contributed by atoms with van der Waals surface area (Å²) in [7, 11) is -1.97. The number of nitrogens with zero attached hydrogens (tertiary/aromatic N) is 2. The zero-order valence-corrected chi connectivity index (χ0v) is 15.7. The van der Waals surface area contributed by atoms with Gasteiger partial charge in [-0.3, -0.25) is 4.79 Å². The number of methoxy groups -OCH3 is 1. The molecule has 3 rings (SSSR count). The number of amides is 1. The molecule has 138 valence electrons. The molecule has 0 unspecified atom stereocenters. The SMILES string of the molecule is CCc1cc(S(=O)(=O)N2CCCN(C(=O)C3CC3)CC2)ccc1OC. The Labute approximate surface area is 149 Å². The third-order valence-corrected chi connectivity index (χ3v) is 6.86. The minimum atomic E-state index is -3.56. The molecule has 1 aromatic rings. The van der Waals surface area contributed by atoms with E-state index in [1.165, 1.54) is 4.31 Å². The third-order valence-electron chi connectivity index (χ3n) is 4.96. The molecule has 2 aliphatic rings. The van der Waals surface area contributed by atoms with Gasteiger partial charge in [0.2, 0.25) is 15.9 Å². The molecule has 1 amide bonds. The average Bonchev–Trinajstić information content (AvgIpc) is 3.46. The quantitative estimate of drug-likeness (QED) is 0.798. The first-order valence-corrected chi connectivity index (χ1v) is 10.4. The number of carbonyl (C=O) groups excluding carboxylic acids is 1. The van der Waals surface area contributed by atoms with Crippen molar-refractivity contribution < 1.29 is 17.9 Å². The van der Waals surface area contributed by atoms with Crippen molar-refractivity contribution in [1.82, 2.24) is 9.21 Å². The van der Waals surface area contributed by atoms with Crippen molar-refractivity contribution in [3.63, 3.8) is 0 Å². The summed E-state index contributed by atoms with van der Waals surface area (Å²) >= 11 is 0. The smallest absolute Gasteiger partial charge is 0.243 e. The van der Waals surface area contributed by atoms with Gasteiger partial charge in [-0.2, -0.15) is 4.31 Å². The molecule has 7 heteroatoms. The number of aryl methyl sites for hydroxylation is 1. The van der Waals surface area contributed by atoms with Gasteiger partial charge in [0.1, 0.15) is 5.75 Å². The number of ether oxygens (including phenoxy) is 1. The van der Waals surface area contributed by atoms with Gasteiger partial charge in [0.15, 0.2) is 0 Å². The Balaban J connectivity index is 1.76. The molecule has 0 radical (unpaired) electrons. The Hall–Kier alpha value is -1.60. The van der Waals surface area contributed by atoms with Crippen LogP contribution in [0.25, 0.3) is 0 Å². The van der Waals surface area contributed by atoms with Crippen LogP contribution in [0.1, 0.15) is 31.7 Å². The highest BCUT2D eigenvalue weighted by Gasteiger charge is 2.35. The highest BCUT2D eigenvalue weighted by Crippen LogP contribution is 2.31. The van der Waals surface area contributed by atoms with Gasteiger partial charge in [0.05, 0.1) is 12.0 Å². The molecule has 1 aliphatic heterocycles. The maximum Gasteiger partial charge on any atom is 0.243 e. The van der Waals surface area contributed by atoms with E-state index in [2.05, 4.69) is 0 Å². The molecule has 1 heterocycles. The normalized spacial score (nSPS) is 19.5. The summed E-state index contributed by atoms with van der Waals surface area (Å²) in [4.78, 5) is 14.4. The van der Waals surface area contributed by atoms with E-state index in [0.717, 1.165) is 18.4 Å². The Morgan fingerprint density at radius 2 is 1.96 bits per heavy atom. The van der Waals surface area contributed by atoms with Crippen molar-refractivity contribution in [2.75, 3.05) is 33.3 Å². The minimum absolute atomic E-state index is 0.178. The van der Waals surface area contributed by atoms with Crippen LogP contribution < -0.4 is 4.74 Å². The largest absolute Gasteiger partial charge is 0.496 e. The minimum Gasteiger partial charge on any atom is -0.496 e. The van der Waals surface area contributed by atoms with Gasteiger partial charge in [0.25, 0.3) is 0 Å². The fourth-order valence-electron chi connectivity index (χ4n) is 3.28. The number of benzene rings is 1. The molecule has 1 saturated carbocycles. The van der Waals surface area contributed by atoms with Crippen molar-refractivity contribution in [2.24, 2.45) is 5.92 Å². The summed E-state index contributed by atoms with van der Waals surface area (Å²) in [6, 6.07) is 5.02. The number of rotatable bonds is 5. The van der Waals surface area contributed by atoms with Crippen molar-refractivity contribution >= 4 is 15.9 Å². The van der Waals surface area contributed by atoms with Gasteiger partial charge in [0, 0.05) is 32.1 Å². The molecule has 2 fully saturated rings. The van der Waals surface area contributed by atoms with Crippen molar-refractivity contribution in [1.29, 1.82) is 0 Å². The molecule has 0 aromatic heterocycles. The summed E-state index contributed by atoms with van der Waals surface area (Å²) in [5.41, 5.74) is 0.879. The predicted molar refractivity (Wildman–Crippen MR) is 95.1 cm³/mol. The summed E-state index contributed by atoms with van der Waals surface area (Å²) < 4.78 is 32.8. The topological polar surface area (TPSA) is 66.9 Å². The molecular weight excluding hydrogens is 340 g/mol. The fourth-order valence-corrected chi connectivity index (χ4v) is 4.80. The van der Waals surface area contributed by atoms with Crippen LogP contribution in [0.5, 0.6) is 5.75 Å². The van der Waals surface area contributed by atoms with E-state index in [4.69, 9.17) is 4.74 Å². The monoisotopic (exact) mass is 366 g/mol. The molecule has 25 heavy (non-hydrogen) atoms. The van der Waals surface area contributed by atoms with Crippen LogP contribution in [-0.4, -0.2) is 56.8 Å². The number of hydrogen-bond donors (Lipinski definition) is 0. The highest BCUT2D eigenvalue weighted by molar-refractivity contribution is 7.89. The first-order chi connectivity index (χ1) is 12.0. The first kappa shape index (κ1) is 18.2. The van der Waals surface area contributed by atoms with Gasteiger partial charge < -0.3 is 9.64 Å². The van der Waals surface area contributed by atoms with E-state index in [9.17, 15) is 13.2 Å². The van der Waals surface area contributed by atoms with E-state index in [-0.39, 0.29) is 11.8 Å². The van der Waals surface area contributed by atoms with E-state index < -0.39 is 10.0 Å². The van der Waals surface area contributed by atoms with Crippen LogP contribution in [0, 0.1) is 5.92 Å². The maximum atomic E-state index is 13.0. The molecular formula is C18H26N2O4S. The van der Waals surface area contributed by atoms with Gasteiger partial charge in [-0.05, 0) is 49.4 Å². The molecule has 0 N–H and O–H groups in total. The molecule has 1 aromatic carbocycles. The Kier molecular flexibility index (Phi) is 5.34. The predicted octanol–water partition coefficient (Wildman–Crippen LogP) is 1.89. The fraction of sp³-hybridized carbons (Fsp3) is 0.611. The number of hydrogen-bond acceptors (Lipinski definition) is 4. The van der Waals surface area contributed by atoms with Crippen molar-refractivity contribution in [2.45, 2.75) is 37.5 Å². The summed E-state index contributed by atoms with van der Waals surface area (Å²) in [5, 5.41) is 0. The van der Waals surface area contributed by atoms with Crippen LogP contribution >= 0.6 is 0 Å². The second-order valence-electron chi connectivity index (χ2n) is 6.68. The summed E-state index contributed by atoms with van der Waals surface area (Å²) in [5.74, 6) is 1.08. The van der Waals surface area contributed by atoms with E-state index in [1.54, 1.807) is 25.3 Å². The van der Waals surface area contributed by atoms with Crippen LogP contribution in [-0.2, 0) is 21.2 Å². The zero-order valence-electron chi connectivity index (χ0n) is 14.9. The Morgan fingerprint density at radius 3 is 2.60 bits per heavy atom. The molecule has 0 atom stereocenters. The molecule has 1 saturated heterocycles. The van der Waals surface area contributed by atoms with Crippen molar-refractivity contribution in [3.8, 4) is 5.75 Å². The van der Waals surface area contributed by atoms with Gasteiger partial charge in [-0.25, -0.2) is 8.42 Å². The van der Waals surface area contributed by atoms with Crippen LogP contribution in [0.3, 0.4) is 0 Å². The average molecular weight is 366 g/mol. The molecule has 6 nitrogen and oxygen atoms in total. The third kappa shape index (κ3) is 3.82. The maximum absolute atomic E-state index is 13.0. The summed E-state index contributed by atoms with van der Waals surface area (Å²) in [6.45, 7) is 3.90. The van der Waals surface area contributed by atoms with E-state index in [0.29, 0.717) is 49.7 Å². The molecule has 0 bridgehead atoms. The standard InChI is InChI=1S/C18H26N2O4S/c1-3-14-13-16(7-8-17(14)24-2)25(22,23)20-10-4-9-19(11-12-20)18(21)15-5-6-15/h7-8,13,15H,3-6,9-12H2,1-2H3. The van der Waals surface area contributed by atoms with Crippen LogP contribution in [0.2, 0.25) is 0 Å². The lowest BCUT2D eigenvalue weighted by molar-refractivity contribution is -0.132. The second kappa shape index (κ2) is 7.33. The lowest BCUT2D eigenvalue weighted by Crippen LogP contribution is -2.38. The van der Waals surface area contributed by atoms with Crippen molar-refractivity contribution in [3.05, 3.63) is 23.8 Å². The molecule has 1 aliphatic carbocycles. The highest BCUT2D eigenvalue weighted by atomic mass is 32.2. The van der Waals surface area contributed by atoms with Gasteiger partial charge in [-0.1, -0.05) is 6.92 Å². The van der Waals surface area contributed by atoms with Gasteiger partial charge in [-0.15, -0.1) is 0 Å². The zero-order chi connectivity index (χ0) is 18.0. The van der Waals surface area contributed by atoms with Gasteiger partial charge >= 0.3 is 0 Å². The Morgan fingerprint density at radius 1 is 1.20 bits per heavy atom. The molecule has 0 spiro atoms. The van der Waals surface area contributed by atoms with E-state index >= 15 is 0 Å². The lowest BCUT2D eigenvalue weighted by Gasteiger charge is -2.22. The summed E-state index contributed by atoms with van der Waals surface area (Å²) in [6.07, 6.45) is 3.33. The van der Waals surface area contributed by atoms with Crippen LogP contribution in [0.4, 0.5) is 0 Å². The first-order valence-electron chi connectivity index (χ1n) is 8.93. The number of carbonyl (C=O) groups is 1.